The zero-order chi connectivity index (χ0) is 11.4. The third-order valence-electron chi connectivity index (χ3n) is 2.94. The van der Waals surface area contributed by atoms with Gasteiger partial charge in [0.25, 0.3) is 0 Å². The first kappa shape index (κ1) is 12.2. The van der Waals surface area contributed by atoms with Gasteiger partial charge in [0.2, 0.25) is 0 Å². The third kappa shape index (κ3) is 3.33. The number of aryl methyl sites for hydroxylation is 2. The molecule has 15 heavy (non-hydrogen) atoms. The van der Waals surface area contributed by atoms with Crippen molar-refractivity contribution in [3.63, 3.8) is 0 Å². The first-order valence-corrected chi connectivity index (χ1v) is 5.48. The second-order valence-corrected chi connectivity index (χ2v) is 4.21. The number of hydrogen-bond donors (Lipinski definition) is 1. The molecule has 0 spiro atoms. The van der Waals surface area contributed by atoms with Crippen LogP contribution in [0.25, 0.3) is 0 Å². The number of aliphatic hydroxyl groups excluding tert-OH is 1. The lowest BCUT2D eigenvalue weighted by atomic mass is 10.0. The van der Waals surface area contributed by atoms with E-state index in [-0.39, 0.29) is 6.10 Å². The molecule has 2 heteroatoms. The molecule has 0 aromatic heterocycles. The summed E-state index contributed by atoms with van der Waals surface area (Å²) in [6, 6.07) is 6.15. The highest BCUT2D eigenvalue weighted by Crippen LogP contribution is 2.17. The predicted molar refractivity (Wildman–Crippen MR) is 64.0 cm³/mol. The van der Waals surface area contributed by atoms with E-state index in [0.29, 0.717) is 6.54 Å². The fourth-order valence-electron chi connectivity index (χ4n) is 1.50. The minimum Gasteiger partial charge on any atom is -0.387 e. The first-order chi connectivity index (χ1) is 7.04. The second kappa shape index (κ2) is 5.29. The SMILES string of the molecule is CCN(C)CC(O)c1ccc(C)c(C)c1. The van der Waals surface area contributed by atoms with Gasteiger partial charge in [0.15, 0.2) is 0 Å². The quantitative estimate of drug-likeness (QED) is 0.819. The van der Waals surface area contributed by atoms with Gasteiger partial charge in [-0.1, -0.05) is 25.1 Å². The topological polar surface area (TPSA) is 23.5 Å². The third-order valence-corrected chi connectivity index (χ3v) is 2.94. The maximum absolute atomic E-state index is 10.00. The lowest BCUT2D eigenvalue weighted by Crippen LogP contribution is -2.24. The van der Waals surface area contributed by atoms with Crippen molar-refractivity contribution in [3.05, 3.63) is 34.9 Å². The van der Waals surface area contributed by atoms with E-state index >= 15 is 0 Å². The van der Waals surface area contributed by atoms with Crippen molar-refractivity contribution in [2.75, 3.05) is 20.1 Å². The van der Waals surface area contributed by atoms with Gasteiger partial charge in [-0.25, -0.2) is 0 Å². The summed E-state index contributed by atoms with van der Waals surface area (Å²) in [5.74, 6) is 0. The second-order valence-electron chi connectivity index (χ2n) is 4.21. The van der Waals surface area contributed by atoms with Gasteiger partial charge in [-0.05, 0) is 44.1 Å². The molecule has 0 aliphatic rings. The van der Waals surface area contributed by atoms with E-state index in [0.717, 1.165) is 12.1 Å². The number of rotatable bonds is 4. The molecule has 1 aromatic rings. The molecule has 0 fully saturated rings. The summed E-state index contributed by atoms with van der Waals surface area (Å²) in [4.78, 5) is 2.11. The summed E-state index contributed by atoms with van der Waals surface area (Å²) in [5, 5.41) is 10.00. The fourth-order valence-corrected chi connectivity index (χ4v) is 1.50. The first-order valence-electron chi connectivity index (χ1n) is 5.48. The largest absolute Gasteiger partial charge is 0.387 e. The Kier molecular flexibility index (Phi) is 4.30. The van der Waals surface area contributed by atoms with Gasteiger partial charge in [0, 0.05) is 6.54 Å². The van der Waals surface area contributed by atoms with E-state index < -0.39 is 0 Å². The van der Waals surface area contributed by atoms with Crippen LogP contribution >= 0.6 is 0 Å². The van der Waals surface area contributed by atoms with E-state index in [9.17, 15) is 5.11 Å². The molecular formula is C13H21NO. The molecule has 84 valence electrons. The van der Waals surface area contributed by atoms with Crippen LogP contribution in [0.3, 0.4) is 0 Å². The van der Waals surface area contributed by atoms with Crippen LogP contribution in [0.15, 0.2) is 18.2 Å². The molecule has 1 atom stereocenters. The lowest BCUT2D eigenvalue weighted by Gasteiger charge is -2.19. The molecule has 0 aliphatic carbocycles. The van der Waals surface area contributed by atoms with E-state index in [4.69, 9.17) is 0 Å². The molecule has 0 radical (unpaired) electrons. The van der Waals surface area contributed by atoms with Crippen molar-refractivity contribution >= 4 is 0 Å². The minimum absolute atomic E-state index is 0.380. The van der Waals surface area contributed by atoms with Crippen LogP contribution in [0, 0.1) is 13.8 Å². The van der Waals surface area contributed by atoms with E-state index in [1.807, 2.05) is 13.1 Å². The van der Waals surface area contributed by atoms with Crippen LogP contribution in [0.5, 0.6) is 0 Å². The van der Waals surface area contributed by atoms with Crippen molar-refractivity contribution in [2.24, 2.45) is 0 Å². The molecule has 0 bridgehead atoms. The van der Waals surface area contributed by atoms with Crippen molar-refractivity contribution < 1.29 is 5.11 Å². The summed E-state index contributed by atoms with van der Waals surface area (Å²) in [7, 11) is 2.02. The Morgan fingerprint density at radius 2 is 1.93 bits per heavy atom. The summed E-state index contributed by atoms with van der Waals surface area (Å²) in [6.07, 6.45) is -0.380. The number of hydrogen-bond acceptors (Lipinski definition) is 2. The number of aliphatic hydroxyl groups is 1. The normalized spacial score (nSPS) is 13.2. The Hall–Kier alpha value is -0.860. The number of benzene rings is 1. The zero-order valence-corrected chi connectivity index (χ0v) is 10.1. The van der Waals surface area contributed by atoms with Gasteiger partial charge in [0.05, 0.1) is 6.10 Å². The summed E-state index contributed by atoms with van der Waals surface area (Å²) < 4.78 is 0. The van der Waals surface area contributed by atoms with Gasteiger partial charge in [-0.15, -0.1) is 0 Å². The van der Waals surface area contributed by atoms with Gasteiger partial charge >= 0.3 is 0 Å². The van der Waals surface area contributed by atoms with E-state index in [2.05, 4.69) is 37.8 Å². The summed E-state index contributed by atoms with van der Waals surface area (Å²) >= 11 is 0. The predicted octanol–water partition coefficient (Wildman–Crippen LogP) is 2.29. The molecule has 1 aromatic carbocycles. The van der Waals surface area contributed by atoms with Crippen LogP contribution < -0.4 is 0 Å². The van der Waals surface area contributed by atoms with Crippen molar-refractivity contribution in [1.82, 2.24) is 4.90 Å². The maximum atomic E-state index is 10.00. The highest BCUT2D eigenvalue weighted by molar-refractivity contribution is 5.31. The van der Waals surface area contributed by atoms with Gasteiger partial charge in [0.1, 0.15) is 0 Å². The minimum atomic E-state index is -0.380. The molecule has 1 N–H and O–H groups in total. The highest BCUT2D eigenvalue weighted by atomic mass is 16.3. The Bertz CT molecular complexity index is 322. The molecule has 0 heterocycles. The van der Waals surface area contributed by atoms with Crippen molar-refractivity contribution in [1.29, 1.82) is 0 Å². The Labute approximate surface area is 92.5 Å². The average molecular weight is 207 g/mol. The van der Waals surface area contributed by atoms with E-state index in [1.54, 1.807) is 0 Å². The molecule has 2 nitrogen and oxygen atoms in total. The average Bonchev–Trinajstić information content (AvgIpc) is 2.21. The van der Waals surface area contributed by atoms with Crippen LogP contribution in [0.4, 0.5) is 0 Å². The maximum Gasteiger partial charge on any atom is 0.0916 e. The highest BCUT2D eigenvalue weighted by Gasteiger charge is 2.10. The summed E-state index contributed by atoms with van der Waals surface area (Å²) in [5.41, 5.74) is 3.53. The van der Waals surface area contributed by atoms with E-state index in [1.165, 1.54) is 11.1 Å². The number of likely N-dealkylation sites (N-methyl/N-ethyl adjacent to an activating group) is 1. The lowest BCUT2D eigenvalue weighted by molar-refractivity contribution is 0.129. The van der Waals surface area contributed by atoms with Gasteiger partial charge in [-0.3, -0.25) is 0 Å². The molecule has 1 rings (SSSR count). The molecule has 0 saturated carbocycles. The molecule has 0 amide bonds. The van der Waals surface area contributed by atoms with Gasteiger partial charge < -0.3 is 10.0 Å². The van der Waals surface area contributed by atoms with Crippen LogP contribution in [0.1, 0.15) is 29.7 Å². The summed E-state index contributed by atoms with van der Waals surface area (Å²) in [6.45, 7) is 7.91. The Morgan fingerprint density at radius 3 is 2.47 bits per heavy atom. The molecule has 0 aliphatic heterocycles. The molecule has 0 saturated heterocycles. The van der Waals surface area contributed by atoms with Crippen LogP contribution in [-0.2, 0) is 0 Å². The van der Waals surface area contributed by atoms with Crippen LogP contribution in [-0.4, -0.2) is 30.1 Å². The van der Waals surface area contributed by atoms with Crippen molar-refractivity contribution in [3.8, 4) is 0 Å². The standard InChI is InChI=1S/C13H21NO/c1-5-14(4)9-13(15)12-7-6-10(2)11(3)8-12/h6-8,13,15H,5,9H2,1-4H3. The number of nitrogens with zero attached hydrogens (tertiary/aromatic N) is 1. The van der Waals surface area contributed by atoms with Gasteiger partial charge in [-0.2, -0.15) is 0 Å². The molecule has 1 unspecified atom stereocenters. The monoisotopic (exact) mass is 207 g/mol. The smallest absolute Gasteiger partial charge is 0.0916 e. The molecular weight excluding hydrogens is 186 g/mol. The van der Waals surface area contributed by atoms with Crippen molar-refractivity contribution in [2.45, 2.75) is 26.9 Å². The Morgan fingerprint density at radius 1 is 1.27 bits per heavy atom. The zero-order valence-electron chi connectivity index (χ0n) is 10.1. The fraction of sp³-hybridized carbons (Fsp3) is 0.538. The Balaban J connectivity index is 2.73. The van der Waals surface area contributed by atoms with Crippen LogP contribution in [0.2, 0.25) is 0 Å².